The fraction of sp³-hybridized carbons (Fsp3) is 0.667. The molecule has 3 aliphatic heterocycles. The van der Waals surface area contributed by atoms with E-state index < -0.39 is 23.3 Å². The van der Waals surface area contributed by atoms with Gasteiger partial charge in [-0.15, -0.1) is 0 Å². The van der Waals surface area contributed by atoms with Gasteiger partial charge in [-0.3, -0.25) is 9.78 Å². The molecule has 1 aromatic rings. The van der Waals surface area contributed by atoms with Crippen molar-refractivity contribution in [3.8, 4) is 0 Å². The number of nitrogens with one attached hydrogen (secondary N) is 2. The Kier molecular flexibility index (Phi) is 2.25. The average molecular weight is 281 g/mol. The molecule has 0 aliphatic carbocycles. The standard InChI is InChI=1S/C12H15N3O5/c1-12(2)19-8-5-4-13-6-3-7(16)14-11(17)15(6)10(18-5)9(8)20-12/h3,5,8-10,13H,4H2,1-2H3,(H,14,16,17)/t5-,8+,9?,10-/m1/s1. The summed E-state index contributed by atoms with van der Waals surface area (Å²) in [6, 6.07) is 1.35. The first-order chi connectivity index (χ1) is 9.44. The van der Waals surface area contributed by atoms with Crippen molar-refractivity contribution in [2.75, 3.05) is 11.9 Å². The Labute approximate surface area is 113 Å². The van der Waals surface area contributed by atoms with Crippen LogP contribution in [0.4, 0.5) is 5.82 Å². The summed E-state index contributed by atoms with van der Waals surface area (Å²) in [5, 5.41) is 3.06. The molecule has 2 saturated heterocycles. The summed E-state index contributed by atoms with van der Waals surface area (Å²) in [5.74, 6) is -0.260. The molecule has 3 aliphatic rings. The summed E-state index contributed by atoms with van der Waals surface area (Å²) in [5.41, 5.74) is -0.952. The van der Waals surface area contributed by atoms with Gasteiger partial charge in [-0.25, -0.2) is 9.36 Å². The summed E-state index contributed by atoms with van der Waals surface area (Å²) < 4.78 is 18.9. The Morgan fingerprint density at radius 3 is 2.85 bits per heavy atom. The Bertz CT molecular complexity index is 678. The first-order valence-electron chi connectivity index (χ1n) is 6.55. The maximum absolute atomic E-state index is 12.1. The number of ether oxygens (including phenoxy) is 3. The number of aromatic amines is 1. The Balaban J connectivity index is 1.85. The van der Waals surface area contributed by atoms with Gasteiger partial charge in [0.25, 0.3) is 5.56 Å². The molecule has 4 rings (SSSR count). The van der Waals surface area contributed by atoms with Gasteiger partial charge >= 0.3 is 5.69 Å². The van der Waals surface area contributed by atoms with E-state index in [2.05, 4.69) is 10.3 Å². The molecule has 2 fully saturated rings. The summed E-state index contributed by atoms with van der Waals surface area (Å²) in [4.78, 5) is 25.7. The molecule has 1 unspecified atom stereocenters. The Hall–Kier alpha value is -1.64. The third-order valence-corrected chi connectivity index (χ3v) is 3.84. The second-order valence-corrected chi connectivity index (χ2v) is 5.70. The largest absolute Gasteiger partial charge is 0.368 e. The minimum Gasteiger partial charge on any atom is -0.368 e. The van der Waals surface area contributed by atoms with E-state index in [1.54, 1.807) is 0 Å². The molecule has 108 valence electrons. The second-order valence-electron chi connectivity index (χ2n) is 5.70. The molecule has 0 spiro atoms. The van der Waals surface area contributed by atoms with Crippen LogP contribution in [0.1, 0.15) is 20.1 Å². The predicted molar refractivity (Wildman–Crippen MR) is 67.5 cm³/mol. The van der Waals surface area contributed by atoms with Crippen LogP contribution in [0.3, 0.4) is 0 Å². The van der Waals surface area contributed by atoms with Gasteiger partial charge in [-0.2, -0.15) is 0 Å². The number of aromatic nitrogens is 2. The minimum absolute atomic E-state index is 0.221. The van der Waals surface area contributed by atoms with Crippen LogP contribution in [0.5, 0.6) is 0 Å². The van der Waals surface area contributed by atoms with Crippen molar-refractivity contribution in [1.29, 1.82) is 0 Å². The zero-order valence-corrected chi connectivity index (χ0v) is 11.1. The zero-order chi connectivity index (χ0) is 14.1. The van der Waals surface area contributed by atoms with Crippen LogP contribution in [0, 0.1) is 0 Å². The van der Waals surface area contributed by atoms with Crippen LogP contribution in [0.15, 0.2) is 15.7 Å². The molecule has 0 saturated carbocycles. The lowest BCUT2D eigenvalue weighted by molar-refractivity contribution is -0.194. The first-order valence-corrected chi connectivity index (χ1v) is 6.55. The fourth-order valence-electron chi connectivity index (χ4n) is 3.13. The zero-order valence-electron chi connectivity index (χ0n) is 11.1. The predicted octanol–water partition coefficient (Wildman–Crippen LogP) is -0.620. The highest BCUT2D eigenvalue weighted by Gasteiger charge is 2.57. The number of H-pyrrole nitrogens is 1. The van der Waals surface area contributed by atoms with E-state index in [0.717, 1.165) is 0 Å². The third kappa shape index (κ3) is 1.58. The normalized spacial score (nSPS) is 36.9. The van der Waals surface area contributed by atoms with Gasteiger partial charge in [0.1, 0.15) is 24.1 Å². The van der Waals surface area contributed by atoms with Crippen LogP contribution in [0.25, 0.3) is 0 Å². The number of hydrogen-bond acceptors (Lipinski definition) is 6. The average Bonchev–Trinajstić information content (AvgIpc) is 2.72. The number of nitrogens with zero attached hydrogens (tertiary/aromatic N) is 1. The molecule has 0 radical (unpaired) electrons. The van der Waals surface area contributed by atoms with E-state index in [1.165, 1.54) is 10.6 Å². The van der Waals surface area contributed by atoms with Gasteiger partial charge in [-0.1, -0.05) is 0 Å². The van der Waals surface area contributed by atoms with Crippen molar-refractivity contribution in [2.45, 2.75) is 44.2 Å². The molecule has 0 aromatic carbocycles. The molecular weight excluding hydrogens is 266 g/mol. The molecule has 20 heavy (non-hydrogen) atoms. The lowest BCUT2D eigenvalue weighted by Crippen LogP contribution is -2.40. The van der Waals surface area contributed by atoms with Crippen molar-refractivity contribution in [3.05, 3.63) is 26.9 Å². The van der Waals surface area contributed by atoms with Gasteiger partial charge in [0.05, 0.1) is 0 Å². The van der Waals surface area contributed by atoms with Crippen LogP contribution in [-0.4, -0.2) is 40.2 Å². The maximum atomic E-state index is 12.1. The van der Waals surface area contributed by atoms with Crippen molar-refractivity contribution in [2.24, 2.45) is 0 Å². The second kappa shape index (κ2) is 3.72. The molecule has 8 nitrogen and oxygen atoms in total. The van der Waals surface area contributed by atoms with E-state index in [4.69, 9.17) is 14.2 Å². The van der Waals surface area contributed by atoms with E-state index in [-0.39, 0.29) is 18.3 Å². The maximum Gasteiger partial charge on any atom is 0.332 e. The lowest BCUT2D eigenvalue weighted by Gasteiger charge is -2.23. The molecule has 4 atom stereocenters. The molecule has 2 bridgehead atoms. The van der Waals surface area contributed by atoms with Gasteiger partial charge < -0.3 is 19.5 Å². The van der Waals surface area contributed by atoms with Crippen molar-refractivity contribution in [3.63, 3.8) is 0 Å². The van der Waals surface area contributed by atoms with E-state index in [0.29, 0.717) is 12.4 Å². The Morgan fingerprint density at radius 1 is 1.30 bits per heavy atom. The van der Waals surface area contributed by atoms with E-state index >= 15 is 0 Å². The monoisotopic (exact) mass is 281 g/mol. The van der Waals surface area contributed by atoms with Gasteiger partial charge in [0.2, 0.25) is 0 Å². The van der Waals surface area contributed by atoms with Crippen LogP contribution in [0.2, 0.25) is 0 Å². The van der Waals surface area contributed by atoms with E-state index in [1.807, 2.05) is 13.8 Å². The van der Waals surface area contributed by atoms with Gasteiger partial charge in [0.15, 0.2) is 12.0 Å². The topological polar surface area (TPSA) is 94.6 Å². The molecule has 2 N–H and O–H groups in total. The van der Waals surface area contributed by atoms with Gasteiger partial charge in [-0.05, 0) is 13.8 Å². The minimum atomic E-state index is -0.702. The fourth-order valence-corrected chi connectivity index (χ4v) is 3.13. The van der Waals surface area contributed by atoms with Gasteiger partial charge in [0, 0.05) is 12.6 Å². The molecule has 4 heterocycles. The summed E-state index contributed by atoms with van der Waals surface area (Å²) >= 11 is 0. The molecular formula is C12H15N3O5. The first kappa shape index (κ1) is 12.1. The van der Waals surface area contributed by atoms with Crippen LogP contribution < -0.4 is 16.6 Å². The highest BCUT2D eigenvalue weighted by molar-refractivity contribution is 5.36. The van der Waals surface area contributed by atoms with Crippen molar-refractivity contribution >= 4 is 5.82 Å². The van der Waals surface area contributed by atoms with E-state index in [9.17, 15) is 9.59 Å². The number of fused-ring (bicyclic) bond motifs is 7. The van der Waals surface area contributed by atoms with Crippen molar-refractivity contribution < 1.29 is 14.2 Å². The molecule has 8 heteroatoms. The number of hydrogen-bond donors (Lipinski definition) is 2. The summed E-state index contributed by atoms with van der Waals surface area (Å²) in [7, 11) is 0. The quantitative estimate of drug-likeness (QED) is 0.658. The number of anilines is 1. The summed E-state index contributed by atoms with van der Waals surface area (Å²) in [6.45, 7) is 4.13. The SMILES string of the molecule is CC1(C)OC2[C@@H](O1)[C@H]1CNc3cc(=O)[nH]c(=O)n3[C@@H]2O1. The highest BCUT2D eigenvalue weighted by Crippen LogP contribution is 2.44. The molecule has 0 amide bonds. The number of rotatable bonds is 0. The lowest BCUT2D eigenvalue weighted by atomic mass is 10.1. The Morgan fingerprint density at radius 2 is 2.05 bits per heavy atom. The molecule has 1 aromatic heterocycles. The van der Waals surface area contributed by atoms with Crippen LogP contribution in [-0.2, 0) is 14.2 Å². The van der Waals surface area contributed by atoms with Crippen LogP contribution >= 0.6 is 0 Å². The smallest absolute Gasteiger partial charge is 0.332 e. The van der Waals surface area contributed by atoms with Crippen molar-refractivity contribution in [1.82, 2.24) is 9.55 Å². The summed E-state index contributed by atoms with van der Waals surface area (Å²) in [6.07, 6.45) is -1.41. The highest BCUT2D eigenvalue weighted by atomic mass is 16.8. The third-order valence-electron chi connectivity index (χ3n) is 3.84.